The van der Waals surface area contributed by atoms with E-state index >= 15 is 0 Å². The van der Waals surface area contributed by atoms with Crippen molar-refractivity contribution in [2.45, 2.75) is 26.2 Å². The van der Waals surface area contributed by atoms with E-state index in [0.29, 0.717) is 16.6 Å². The highest BCUT2D eigenvalue weighted by atomic mass is 35.5. The first-order valence-corrected chi connectivity index (χ1v) is 5.76. The second-order valence-electron chi connectivity index (χ2n) is 4.26. The van der Waals surface area contributed by atoms with Crippen molar-refractivity contribution < 1.29 is 9.53 Å². The minimum atomic E-state index is -0.324. The molecular formula is C12H14ClNO2. The van der Waals surface area contributed by atoms with Crippen molar-refractivity contribution in [3.8, 4) is 0 Å². The SMILES string of the molecule is COC(=O)c1cc(Cl)nc2c1CC(C)CC2. The Kier molecular flexibility index (Phi) is 3.15. The molecule has 1 atom stereocenters. The Morgan fingerprint density at radius 3 is 3.06 bits per heavy atom. The van der Waals surface area contributed by atoms with E-state index in [1.807, 2.05) is 0 Å². The molecule has 2 rings (SSSR count). The average molecular weight is 240 g/mol. The van der Waals surface area contributed by atoms with E-state index < -0.39 is 0 Å². The quantitative estimate of drug-likeness (QED) is 0.559. The highest BCUT2D eigenvalue weighted by Crippen LogP contribution is 2.28. The monoisotopic (exact) mass is 239 g/mol. The summed E-state index contributed by atoms with van der Waals surface area (Å²) in [6.45, 7) is 2.18. The van der Waals surface area contributed by atoms with Crippen LogP contribution in [0.15, 0.2) is 6.07 Å². The number of hydrogen-bond donors (Lipinski definition) is 0. The first-order chi connectivity index (χ1) is 7.61. The van der Waals surface area contributed by atoms with Gasteiger partial charge in [-0.2, -0.15) is 0 Å². The molecule has 0 fully saturated rings. The topological polar surface area (TPSA) is 39.2 Å². The number of ether oxygens (including phenoxy) is 1. The Morgan fingerprint density at radius 2 is 2.38 bits per heavy atom. The smallest absolute Gasteiger partial charge is 0.338 e. The van der Waals surface area contributed by atoms with Crippen LogP contribution in [0.2, 0.25) is 5.15 Å². The fourth-order valence-electron chi connectivity index (χ4n) is 2.15. The van der Waals surface area contributed by atoms with E-state index in [1.54, 1.807) is 6.07 Å². The van der Waals surface area contributed by atoms with E-state index in [0.717, 1.165) is 30.5 Å². The number of nitrogens with zero attached hydrogens (tertiary/aromatic N) is 1. The third-order valence-electron chi connectivity index (χ3n) is 3.01. The van der Waals surface area contributed by atoms with E-state index in [4.69, 9.17) is 16.3 Å². The maximum atomic E-state index is 11.6. The van der Waals surface area contributed by atoms with Crippen molar-refractivity contribution in [2.75, 3.05) is 7.11 Å². The van der Waals surface area contributed by atoms with Crippen LogP contribution in [0.1, 0.15) is 35.0 Å². The summed E-state index contributed by atoms with van der Waals surface area (Å²) < 4.78 is 4.77. The minimum Gasteiger partial charge on any atom is -0.465 e. The molecule has 0 N–H and O–H groups in total. The van der Waals surface area contributed by atoms with Crippen molar-refractivity contribution >= 4 is 17.6 Å². The molecule has 1 aromatic heterocycles. The molecule has 0 aromatic carbocycles. The lowest BCUT2D eigenvalue weighted by molar-refractivity contribution is 0.0598. The zero-order valence-electron chi connectivity index (χ0n) is 9.42. The molecule has 86 valence electrons. The molecule has 1 aliphatic carbocycles. The summed E-state index contributed by atoms with van der Waals surface area (Å²) in [6.07, 6.45) is 2.87. The number of carbonyl (C=O) groups excluding carboxylic acids is 1. The van der Waals surface area contributed by atoms with Crippen LogP contribution >= 0.6 is 11.6 Å². The second-order valence-corrected chi connectivity index (χ2v) is 4.64. The van der Waals surface area contributed by atoms with Crippen LogP contribution in [0.5, 0.6) is 0 Å². The Balaban J connectivity index is 2.51. The molecule has 0 spiro atoms. The summed E-state index contributed by atoms with van der Waals surface area (Å²) >= 11 is 5.90. The number of pyridine rings is 1. The van der Waals surface area contributed by atoms with E-state index in [-0.39, 0.29) is 5.97 Å². The van der Waals surface area contributed by atoms with Gasteiger partial charge < -0.3 is 4.74 Å². The van der Waals surface area contributed by atoms with Gasteiger partial charge in [0.25, 0.3) is 0 Å². The highest BCUT2D eigenvalue weighted by Gasteiger charge is 2.23. The molecule has 16 heavy (non-hydrogen) atoms. The summed E-state index contributed by atoms with van der Waals surface area (Å²) in [7, 11) is 1.38. The van der Waals surface area contributed by atoms with Gasteiger partial charge in [-0.15, -0.1) is 0 Å². The Hall–Kier alpha value is -1.09. The number of esters is 1. The lowest BCUT2D eigenvalue weighted by Crippen LogP contribution is -2.18. The molecule has 4 heteroatoms. The summed E-state index contributed by atoms with van der Waals surface area (Å²) in [4.78, 5) is 15.9. The van der Waals surface area contributed by atoms with Gasteiger partial charge in [0, 0.05) is 5.69 Å². The lowest BCUT2D eigenvalue weighted by Gasteiger charge is -2.22. The normalized spacial score (nSPS) is 19.1. The number of rotatable bonds is 1. The van der Waals surface area contributed by atoms with Gasteiger partial charge >= 0.3 is 5.97 Å². The van der Waals surface area contributed by atoms with Crippen LogP contribution in [0.4, 0.5) is 0 Å². The number of fused-ring (bicyclic) bond motifs is 1. The molecular weight excluding hydrogens is 226 g/mol. The van der Waals surface area contributed by atoms with Gasteiger partial charge in [-0.1, -0.05) is 18.5 Å². The summed E-state index contributed by atoms with van der Waals surface area (Å²) in [5.74, 6) is 0.258. The van der Waals surface area contributed by atoms with Gasteiger partial charge in [-0.3, -0.25) is 0 Å². The van der Waals surface area contributed by atoms with Gasteiger partial charge in [0.15, 0.2) is 0 Å². The number of carbonyl (C=O) groups is 1. The Labute approximate surface area is 99.8 Å². The fourth-order valence-corrected chi connectivity index (χ4v) is 2.36. The molecule has 0 radical (unpaired) electrons. The molecule has 3 nitrogen and oxygen atoms in total. The third kappa shape index (κ3) is 2.05. The van der Waals surface area contributed by atoms with Gasteiger partial charge in [0.05, 0.1) is 12.7 Å². The van der Waals surface area contributed by atoms with Crippen molar-refractivity contribution in [3.63, 3.8) is 0 Å². The fraction of sp³-hybridized carbons (Fsp3) is 0.500. The Bertz CT molecular complexity index is 431. The molecule has 0 saturated heterocycles. The first kappa shape index (κ1) is 11.4. The number of aromatic nitrogens is 1. The first-order valence-electron chi connectivity index (χ1n) is 5.38. The van der Waals surface area contributed by atoms with Crippen LogP contribution in [-0.4, -0.2) is 18.1 Å². The molecule has 0 bridgehead atoms. The van der Waals surface area contributed by atoms with Crippen molar-refractivity contribution in [2.24, 2.45) is 5.92 Å². The van der Waals surface area contributed by atoms with Gasteiger partial charge in [0.1, 0.15) is 5.15 Å². The van der Waals surface area contributed by atoms with E-state index in [2.05, 4.69) is 11.9 Å². The van der Waals surface area contributed by atoms with Crippen LogP contribution in [0.3, 0.4) is 0 Å². The standard InChI is InChI=1S/C12H14ClNO2/c1-7-3-4-10-8(5-7)9(12(15)16-2)6-11(13)14-10/h6-7H,3-5H2,1-2H3. The summed E-state index contributed by atoms with van der Waals surface area (Å²) in [6, 6.07) is 1.60. The second kappa shape index (κ2) is 4.42. The summed E-state index contributed by atoms with van der Waals surface area (Å²) in [5.41, 5.74) is 2.53. The maximum absolute atomic E-state index is 11.6. The van der Waals surface area contributed by atoms with Crippen molar-refractivity contribution in [1.29, 1.82) is 0 Å². The number of methoxy groups -OCH3 is 1. The molecule has 0 saturated carbocycles. The van der Waals surface area contributed by atoms with Crippen LogP contribution in [0, 0.1) is 5.92 Å². The number of hydrogen-bond acceptors (Lipinski definition) is 3. The van der Waals surface area contributed by atoms with Crippen LogP contribution < -0.4 is 0 Å². The van der Waals surface area contributed by atoms with Gasteiger partial charge in [-0.25, -0.2) is 9.78 Å². The van der Waals surface area contributed by atoms with Crippen molar-refractivity contribution in [3.05, 3.63) is 28.0 Å². The number of halogens is 1. The van der Waals surface area contributed by atoms with E-state index in [9.17, 15) is 4.79 Å². The van der Waals surface area contributed by atoms with Gasteiger partial charge in [-0.05, 0) is 36.8 Å². The van der Waals surface area contributed by atoms with E-state index in [1.165, 1.54) is 7.11 Å². The molecule has 1 aromatic rings. The molecule has 1 aliphatic rings. The predicted molar refractivity (Wildman–Crippen MR) is 61.8 cm³/mol. The highest BCUT2D eigenvalue weighted by molar-refractivity contribution is 6.29. The largest absolute Gasteiger partial charge is 0.465 e. The molecule has 1 heterocycles. The summed E-state index contributed by atoms with van der Waals surface area (Å²) in [5, 5.41) is 0.369. The minimum absolute atomic E-state index is 0.324. The van der Waals surface area contributed by atoms with Crippen LogP contribution in [-0.2, 0) is 17.6 Å². The lowest BCUT2D eigenvalue weighted by atomic mass is 9.85. The maximum Gasteiger partial charge on any atom is 0.338 e. The molecule has 0 amide bonds. The molecule has 1 unspecified atom stereocenters. The number of aryl methyl sites for hydroxylation is 1. The molecule has 0 aliphatic heterocycles. The predicted octanol–water partition coefficient (Wildman–Crippen LogP) is 2.65. The Morgan fingerprint density at radius 1 is 1.62 bits per heavy atom. The van der Waals surface area contributed by atoms with Crippen LogP contribution in [0.25, 0.3) is 0 Å². The zero-order valence-corrected chi connectivity index (χ0v) is 10.2. The average Bonchev–Trinajstić information content (AvgIpc) is 2.27. The third-order valence-corrected chi connectivity index (χ3v) is 3.20. The zero-order chi connectivity index (χ0) is 11.7. The van der Waals surface area contributed by atoms with Crippen molar-refractivity contribution in [1.82, 2.24) is 4.98 Å². The van der Waals surface area contributed by atoms with Gasteiger partial charge in [0.2, 0.25) is 0 Å².